The molecule has 1 aromatic rings. The summed E-state index contributed by atoms with van der Waals surface area (Å²) in [4.78, 5) is 0. The van der Waals surface area contributed by atoms with Gasteiger partial charge in [0.25, 0.3) is 0 Å². The highest BCUT2D eigenvalue weighted by molar-refractivity contribution is 5.53. The molecule has 0 aliphatic carbocycles. The zero-order valence-corrected chi connectivity index (χ0v) is 8.41. The molecule has 2 rings (SSSR count). The predicted molar refractivity (Wildman–Crippen MR) is 52.7 cm³/mol. The summed E-state index contributed by atoms with van der Waals surface area (Å²) < 4.78 is 10.7. The zero-order chi connectivity index (χ0) is 10.1. The Morgan fingerprint density at radius 1 is 1.36 bits per heavy atom. The molecule has 3 nitrogen and oxygen atoms in total. The Balaban J connectivity index is 2.38. The van der Waals surface area contributed by atoms with Gasteiger partial charge in [-0.2, -0.15) is 0 Å². The van der Waals surface area contributed by atoms with Crippen molar-refractivity contribution in [3.8, 4) is 11.5 Å². The number of aryl methyl sites for hydroxylation is 1. The van der Waals surface area contributed by atoms with E-state index in [9.17, 15) is 5.11 Å². The van der Waals surface area contributed by atoms with Gasteiger partial charge < -0.3 is 14.6 Å². The van der Waals surface area contributed by atoms with Crippen LogP contribution in [0, 0.1) is 6.92 Å². The maximum Gasteiger partial charge on any atom is 0.231 e. The number of aliphatic hydroxyl groups excluding tert-OH is 1. The zero-order valence-electron chi connectivity index (χ0n) is 8.41. The minimum Gasteiger partial charge on any atom is -0.453 e. The second kappa shape index (κ2) is 3.50. The van der Waals surface area contributed by atoms with Gasteiger partial charge in [-0.1, -0.05) is 12.1 Å². The van der Waals surface area contributed by atoms with E-state index in [4.69, 9.17) is 9.47 Å². The van der Waals surface area contributed by atoms with Crippen molar-refractivity contribution in [3.05, 3.63) is 23.3 Å². The molecule has 1 unspecified atom stereocenters. The van der Waals surface area contributed by atoms with E-state index in [2.05, 4.69) is 0 Å². The van der Waals surface area contributed by atoms with Gasteiger partial charge in [0.05, 0.1) is 6.10 Å². The first-order chi connectivity index (χ1) is 6.68. The van der Waals surface area contributed by atoms with E-state index in [1.165, 1.54) is 0 Å². The monoisotopic (exact) mass is 194 g/mol. The molecule has 0 aromatic heterocycles. The largest absolute Gasteiger partial charge is 0.453 e. The fraction of sp³-hybridized carbons (Fsp3) is 0.455. The van der Waals surface area contributed by atoms with Gasteiger partial charge in [-0.3, -0.25) is 0 Å². The van der Waals surface area contributed by atoms with Crippen molar-refractivity contribution in [2.75, 3.05) is 6.79 Å². The average Bonchev–Trinajstić information content (AvgIpc) is 2.58. The molecule has 1 atom stereocenters. The van der Waals surface area contributed by atoms with Crippen molar-refractivity contribution in [1.82, 2.24) is 0 Å². The second-order valence-electron chi connectivity index (χ2n) is 3.66. The third-order valence-electron chi connectivity index (χ3n) is 2.31. The molecule has 0 saturated heterocycles. The van der Waals surface area contributed by atoms with Gasteiger partial charge >= 0.3 is 0 Å². The molecule has 1 aliphatic rings. The highest BCUT2D eigenvalue weighted by Crippen LogP contribution is 2.38. The molecule has 0 saturated carbocycles. The molecular formula is C11H14O3. The minimum atomic E-state index is -0.356. The van der Waals surface area contributed by atoms with E-state index in [1.807, 2.05) is 19.1 Å². The summed E-state index contributed by atoms with van der Waals surface area (Å²) in [5.41, 5.74) is 2.09. The number of benzene rings is 1. The molecule has 1 aromatic carbocycles. The first kappa shape index (κ1) is 9.34. The van der Waals surface area contributed by atoms with Gasteiger partial charge in [0.1, 0.15) is 0 Å². The van der Waals surface area contributed by atoms with Crippen LogP contribution in [0.5, 0.6) is 11.5 Å². The van der Waals surface area contributed by atoms with Gasteiger partial charge in [-0.25, -0.2) is 0 Å². The van der Waals surface area contributed by atoms with Crippen LogP contribution < -0.4 is 9.47 Å². The molecule has 1 heterocycles. The first-order valence-corrected chi connectivity index (χ1v) is 4.74. The third kappa shape index (κ3) is 1.55. The lowest BCUT2D eigenvalue weighted by atomic mass is 10.0. The highest BCUT2D eigenvalue weighted by atomic mass is 16.7. The quantitative estimate of drug-likeness (QED) is 0.778. The van der Waals surface area contributed by atoms with Crippen LogP contribution in [0.15, 0.2) is 12.1 Å². The Kier molecular flexibility index (Phi) is 2.33. The average molecular weight is 194 g/mol. The van der Waals surface area contributed by atoms with E-state index in [1.54, 1.807) is 6.92 Å². The molecule has 0 bridgehead atoms. The minimum absolute atomic E-state index is 0.285. The fourth-order valence-corrected chi connectivity index (χ4v) is 1.67. The van der Waals surface area contributed by atoms with Crippen LogP contribution in [-0.4, -0.2) is 18.0 Å². The van der Waals surface area contributed by atoms with Gasteiger partial charge in [0.15, 0.2) is 11.5 Å². The molecule has 14 heavy (non-hydrogen) atoms. The molecule has 3 heteroatoms. The number of hydrogen-bond acceptors (Lipinski definition) is 3. The Hall–Kier alpha value is -1.22. The number of rotatable bonds is 2. The van der Waals surface area contributed by atoms with E-state index < -0.39 is 0 Å². The Morgan fingerprint density at radius 3 is 2.79 bits per heavy atom. The van der Waals surface area contributed by atoms with Gasteiger partial charge in [0.2, 0.25) is 6.79 Å². The molecule has 1 N–H and O–H groups in total. The van der Waals surface area contributed by atoms with Crippen LogP contribution in [0.4, 0.5) is 0 Å². The maximum atomic E-state index is 9.31. The van der Waals surface area contributed by atoms with Crippen LogP contribution in [0.1, 0.15) is 18.1 Å². The number of aliphatic hydroxyl groups is 1. The summed E-state index contributed by atoms with van der Waals surface area (Å²) >= 11 is 0. The number of hydrogen-bond donors (Lipinski definition) is 1. The molecular weight excluding hydrogens is 180 g/mol. The summed E-state index contributed by atoms with van der Waals surface area (Å²) in [5, 5.41) is 9.31. The molecule has 1 aliphatic heterocycles. The van der Waals surface area contributed by atoms with Crippen molar-refractivity contribution < 1.29 is 14.6 Å². The molecule has 0 radical (unpaired) electrons. The predicted octanol–water partition coefficient (Wildman–Crippen LogP) is 1.65. The van der Waals surface area contributed by atoms with Crippen LogP contribution in [0.25, 0.3) is 0 Å². The molecule has 76 valence electrons. The van der Waals surface area contributed by atoms with Crippen LogP contribution >= 0.6 is 0 Å². The van der Waals surface area contributed by atoms with Crippen molar-refractivity contribution >= 4 is 0 Å². The van der Waals surface area contributed by atoms with Crippen molar-refractivity contribution in [3.63, 3.8) is 0 Å². The smallest absolute Gasteiger partial charge is 0.231 e. The topological polar surface area (TPSA) is 38.7 Å². The number of ether oxygens (including phenoxy) is 2. The molecule has 0 spiro atoms. The fourth-order valence-electron chi connectivity index (χ4n) is 1.67. The molecule has 0 amide bonds. The van der Waals surface area contributed by atoms with Crippen LogP contribution in [0.2, 0.25) is 0 Å². The summed E-state index contributed by atoms with van der Waals surface area (Å²) in [6.45, 7) is 4.04. The first-order valence-electron chi connectivity index (χ1n) is 4.74. The van der Waals surface area contributed by atoms with Crippen LogP contribution in [-0.2, 0) is 6.42 Å². The summed E-state index contributed by atoms with van der Waals surface area (Å²) in [5.74, 6) is 1.62. The maximum absolute atomic E-state index is 9.31. The highest BCUT2D eigenvalue weighted by Gasteiger charge is 2.20. The standard InChI is InChI=1S/C11H14O3/c1-7-3-4-9(5-8(2)12)11-10(7)13-6-14-11/h3-4,8,12H,5-6H2,1-2H3. The van der Waals surface area contributed by atoms with E-state index in [0.29, 0.717) is 6.42 Å². The van der Waals surface area contributed by atoms with Gasteiger partial charge in [-0.15, -0.1) is 0 Å². The summed E-state index contributed by atoms with van der Waals surface area (Å²) in [7, 11) is 0. The lowest BCUT2D eigenvalue weighted by molar-refractivity contribution is 0.169. The van der Waals surface area contributed by atoms with E-state index in [0.717, 1.165) is 22.6 Å². The Labute approximate surface area is 83.3 Å². The summed E-state index contributed by atoms with van der Waals surface area (Å²) in [6, 6.07) is 3.97. The van der Waals surface area contributed by atoms with Crippen molar-refractivity contribution in [2.24, 2.45) is 0 Å². The SMILES string of the molecule is Cc1ccc(CC(C)O)c2c1OCO2. The third-order valence-corrected chi connectivity index (χ3v) is 2.31. The lowest BCUT2D eigenvalue weighted by Crippen LogP contribution is -2.05. The van der Waals surface area contributed by atoms with Crippen LogP contribution in [0.3, 0.4) is 0 Å². The molecule has 0 fully saturated rings. The van der Waals surface area contributed by atoms with E-state index in [-0.39, 0.29) is 12.9 Å². The number of fused-ring (bicyclic) bond motifs is 1. The van der Waals surface area contributed by atoms with Crippen molar-refractivity contribution in [1.29, 1.82) is 0 Å². The Bertz CT molecular complexity index is 345. The second-order valence-corrected chi connectivity index (χ2v) is 3.66. The van der Waals surface area contributed by atoms with Crippen molar-refractivity contribution in [2.45, 2.75) is 26.4 Å². The van der Waals surface area contributed by atoms with Gasteiger partial charge in [0, 0.05) is 12.0 Å². The van der Waals surface area contributed by atoms with Gasteiger partial charge in [-0.05, 0) is 19.4 Å². The normalized spacial score (nSPS) is 15.6. The lowest BCUT2D eigenvalue weighted by Gasteiger charge is -2.08. The van der Waals surface area contributed by atoms with E-state index >= 15 is 0 Å². The Morgan fingerprint density at radius 2 is 2.07 bits per heavy atom. The summed E-state index contributed by atoms with van der Waals surface area (Å²) in [6.07, 6.45) is 0.248.